The first-order valence-electron chi connectivity index (χ1n) is 9.65. The molecular weight excluding hydrogens is 370 g/mol. The van der Waals surface area contributed by atoms with Gasteiger partial charge >= 0.3 is 5.97 Å². The van der Waals surface area contributed by atoms with Gasteiger partial charge < -0.3 is 19.3 Å². The molecule has 1 aliphatic heterocycles. The van der Waals surface area contributed by atoms with Crippen LogP contribution < -0.4 is 4.74 Å². The number of rotatable bonds is 6. The standard InChI is InChI=1S/C22H23N3O4/c1-22(21(27)28)12-7-13-25(22)20(26)14-24-18-11-6-5-10-17(18)23-19(24)15-29-16-8-3-2-4-9-16/h2-6,8-11H,7,12-15H2,1H3,(H,27,28). The molecule has 7 nitrogen and oxygen atoms in total. The Morgan fingerprint density at radius 3 is 2.62 bits per heavy atom. The van der Waals surface area contributed by atoms with Crippen LogP contribution >= 0.6 is 0 Å². The van der Waals surface area contributed by atoms with Crippen molar-refractivity contribution >= 4 is 22.9 Å². The number of hydrogen-bond acceptors (Lipinski definition) is 4. The second-order valence-corrected chi connectivity index (χ2v) is 7.43. The lowest BCUT2D eigenvalue weighted by atomic mass is 9.99. The number of carboxylic acids is 1. The predicted octanol–water partition coefficient (Wildman–Crippen LogP) is 3.08. The van der Waals surface area contributed by atoms with Crippen molar-refractivity contribution in [3.8, 4) is 5.75 Å². The van der Waals surface area contributed by atoms with Crippen LogP contribution in [0.2, 0.25) is 0 Å². The fourth-order valence-electron chi connectivity index (χ4n) is 3.88. The van der Waals surface area contributed by atoms with Crippen LogP contribution in [0.5, 0.6) is 5.75 Å². The average Bonchev–Trinajstić information content (AvgIpc) is 3.29. The van der Waals surface area contributed by atoms with Crippen molar-refractivity contribution in [2.75, 3.05) is 6.54 Å². The first-order valence-corrected chi connectivity index (χ1v) is 9.65. The van der Waals surface area contributed by atoms with E-state index in [0.717, 1.165) is 16.8 Å². The summed E-state index contributed by atoms with van der Waals surface area (Å²) in [6.07, 6.45) is 1.14. The maximum atomic E-state index is 13.1. The zero-order chi connectivity index (χ0) is 20.4. The van der Waals surface area contributed by atoms with E-state index in [2.05, 4.69) is 4.98 Å². The van der Waals surface area contributed by atoms with Gasteiger partial charge in [0.1, 0.15) is 30.3 Å². The summed E-state index contributed by atoms with van der Waals surface area (Å²) in [7, 11) is 0. The maximum absolute atomic E-state index is 13.1. The van der Waals surface area contributed by atoms with Gasteiger partial charge in [0.2, 0.25) is 5.91 Å². The molecule has 1 atom stereocenters. The average molecular weight is 393 g/mol. The molecule has 1 aromatic heterocycles. The molecule has 1 unspecified atom stereocenters. The van der Waals surface area contributed by atoms with E-state index in [1.54, 1.807) is 6.92 Å². The first-order chi connectivity index (χ1) is 14.0. The Bertz CT molecular complexity index is 1050. The number of nitrogens with zero attached hydrogens (tertiary/aromatic N) is 3. The van der Waals surface area contributed by atoms with Crippen LogP contribution in [0, 0.1) is 0 Å². The maximum Gasteiger partial charge on any atom is 0.329 e. The van der Waals surface area contributed by atoms with Crippen LogP contribution in [0.15, 0.2) is 54.6 Å². The van der Waals surface area contributed by atoms with Gasteiger partial charge in [0.15, 0.2) is 0 Å². The van der Waals surface area contributed by atoms with Crippen LogP contribution in [0.1, 0.15) is 25.6 Å². The SMILES string of the molecule is CC1(C(=O)O)CCCN1C(=O)Cn1c(COc2ccccc2)nc2ccccc21. The minimum Gasteiger partial charge on any atom is -0.486 e. The highest BCUT2D eigenvalue weighted by atomic mass is 16.5. The van der Waals surface area contributed by atoms with Gasteiger partial charge in [-0.25, -0.2) is 9.78 Å². The summed E-state index contributed by atoms with van der Waals surface area (Å²) < 4.78 is 7.67. The molecule has 0 bridgehead atoms. The number of aromatic nitrogens is 2. The Morgan fingerprint density at radius 2 is 1.86 bits per heavy atom. The summed E-state index contributed by atoms with van der Waals surface area (Å²) >= 11 is 0. The van der Waals surface area contributed by atoms with Crippen LogP contribution in [-0.2, 0) is 22.7 Å². The van der Waals surface area contributed by atoms with E-state index >= 15 is 0 Å². The number of likely N-dealkylation sites (tertiary alicyclic amines) is 1. The molecule has 2 heterocycles. The van der Waals surface area contributed by atoms with Crippen molar-refractivity contribution in [3.05, 3.63) is 60.4 Å². The van der Waals surface area contributed by atoms with E-state index in [9.17, 15) is 14.7 Å². The topological polar surface area (TPSA) is 84.7 Å². The quantitative estimate of drug-likeness (QED) is 0.696. The van der Waals surface area contributed by atoms with Gasteiger partial charge in [0.05, 0.1) is 11.0 Å². The van der Waals surface area contributed by atoms with Crippen molar-refractivity contribution in [1.82, 2.24) is 14.5 Å². The molecule has 1 saturated heterocycles. The number of amides is 1. The van der Waals surface area contributed by atoms with Gasteiger partial charge in [0, 0.05) is 6.54 Å². The van der Waals surface area contributed by atoms with Crippen LogP contribution in [0.3, 0.4) is 0 Å². The van der Waals surface area contributed by atoms with Gasteiger partial charge in [-0.2, -0.15) is 0 Å². The van der Waals surface area contributed by atoms with E-state index < -0.39 is 11.5 Å². The van der Waals surface area contributed by atoms with Gasteiger partial charge in [-0.3, -0.25) is 4.79 Å². The van der Waals surface area contributed by atoms with E-state index in [1.165, 1.54) is 4.90 Å². The number of carbonyl (C=O) groups is 2. The summed E-state index contributed by atoms with van der Waals surface area (Å²) in [6, 6.07) is 17.0. The molecule has 1 aliphatic rings. The lowest BCUT2D eigenvalue weighted by Gasteiger charge is -2.31. The smallest absolute Gasteiger partial charge is 0.329 e. The van der Waals surface area contributed by atoms with Crippen LogP contribution in [-0.4, -0.2) is 43.5 Å². The lowest BCUT2D eigenvalue weighted by molar-refractivity contribution is -0.155. The predicted molar refractivity (Wildman–Crippen MR) is 107 cm³/mol. The van der Waals surface area contributed by atoms with Crippen molar-refractivity contribution in [2.24, 2.45) is 0 Å². The second kappa shape index (κ2) is 7.58. The highest BCUT2D eigenvalue weighted by Gasteiger charge is 2.45. The molecule has 0 saturated carbocycles. The van der Waals surface area contributed by atoms with Gasteiger partial charge in [-0.1, -0.05) is 30.3 Å². The zero-order valence-electron chi connectivity index (χ0n) is 16.2. The van der Waals surface area contributed by atoms with Gasteiger partial charge in [-0.05, 0) is 44.0 Å². The zero-order valence-corrected chi connectivity index (χ0v) is 16.2. The Morgan fingerprint density at radius 1 is 1.14 bits per heavy atom. The third kappa shape index (κ3) is 3.55. The molecule has 0 radical (unpaired) electrons. The molecule has 4 rings (SSSR count). The second-order valence-electron chi connectivity index (χ2n) is 7.43. The summed E-state index contributed by atoms with van der Waals surface area (Å²) in [6.45, 7) is 2.30. The number of ether oxygens (including phenoxy) is 1. The summed E-state index contributed by atoms with van der Waals surface area (Å²) in [5, 5.41) is 9.62. The van der Waals surface area contributed by atoms with Crippen LogP contribution in [0.4, 0.5) is 0 Å². The third-order valence-electron chi connectivity index (χ3n) is 5.54. The Hall–Kier alpha value is -3.35. The summed E-state index contributed by atoms with van der Waals surface area (Å²) in [4.78, 5) is 30.9. The lowest BCUT2D eigenvalue weighted by Crippen LogP contribution is -2.51. The third-order valence-corrected chi connectivity index (χ3v) is 5.54. The van der Waals surface area contributed by atoms with E-state index in [-0.39, 0.29) is 19.1 Å². The molecule has 1 amide bonds. The van der Waals surface area contributed by atoms with Crippen molar-refractivity contribution < 1.29 is 19.4 Å². The van der Waals surface area contributed by atoms with Crippen molar-refractivity contribution in [2.45, 2.75) is 38.5 Å². The summed E-state index contributed by atoms with van der Waals surface area (Å²) in [5.74, 6) is 0.151. The largest absolute Gasteiger partial charge is 0.486 e. The fraction of sp³-hybridized carbons (Fsp3) is 0.318. The monoisotopic (exact) mass is 393 g/mol. The Balaban J connectivity index is 1.62. The van der Waals surface area contributed by atoms with E-state index in [1.807, 2.05) is 59.2 Å². The molecule has 2 aromatic carbocycles. The number of imidazole rings is 1. The van der Waals surface area contributed by atoms with E-state index in [0.29, 0.717) is 25.2 Å². The number of para-hydroxylation sites is 3. The summed E-state index contributed by atoms with van der Waals surface area (Å²) in [5.41, 5.74) is 0.437. The van der Waals surface area contributed by atoms with Crippen LogP contribution in [0.25, 0.3) is 11.0 Å². The molecule has 29 heavy (non-hydrogen) atoms. The molecule has 150 valence electrons. The molecule has 7 heteroatoms. The van der Waals surface area contributed by atoms with Gasteiger partial charge in [0.25, 0.3) is 0 Å². The number of benzene rings is 2. The highest BCUT2D eigenvalue weighted by Crippen LogP contribution is 2.30. The number of carbonyl (C=O) groups excluding carboxylic acids is 1. The number of hydrogen-bond donors (Lipinski definition) is 1. The molecule has 1 fully saturated rings. The van der Waals surface area contributed by atoms with E-state index in [4.69, 9.17) is 4.74 Å². The minimum atomic E-state index is -1.16. The molecular formula is C22H23N3O4. The Kier molecular flexibility index (Phi) is 4.96. The molecule has 1 N–H and O–H groups in total. The molecule has 0 aliphatic carbocycles. The molecule has 3 aromatic rings. The fourth-order valence-corrected chi connectivity index (χ4v) is 3.88. The minimum absolute atomic E-state index is 0.0247. The molecule has 0 spiro atoms. The highest BCUT2D eigenvalue weighted by molar-refractivity contribution is 5.88. The number of carboxylic acid groups (broad SMARTS) is 1. The normalized spacial score (nSPS) is 18.9. The van der Waals surface area contributed by atoms with Gasteiger partial charge in [-0.15, -0.1) is 0 Å². The number of fused-ring (bicyclic) bond motifs is 1. The first kappa shape index (κ1) is 19.0. The van der Waals surface area contributed by atoms with Crippen molar-refractivity contribution in [3.63, 3.8) is 0 Å². The number of aliphatic carboxylic acids is 1. The Labute approximate surface area is 168 Å². The van der Waals surface area contributed by atoms with Crippen molar-refractivity contribution in [1.29, 1.82) is 0 Å².